The lowest BCUT2D eigenvalue weighted by Crippen LogP contribution is -2.38. The number of benzene rings is 1. The molecule has 2 rings (SSSR count). The summed E-state index contributed by atoms with van der Waals surface area (Å²) in [5.41, 5.74) is 2.10. The van der Waals surface area contributed by atoms with E-state index in [0.717, 1.165) is 36.2 Å². The van der Waals surface area contributed by atoms with Gasteiger partial charge in [0, 0.05) is 24.2 Å². The number of rotatable bonds is 7. The van der Waals surface area contributed by atoms with Gasteiger partial charge >= 0.3 is 0 Å². The molecule has 6 heteroatoms. The van der Waals surface area contributed by atoms with Gasteiger partial charge in [0.1, 0.15) is 0 Å². The van der Waals surface area contributed by atoms with E-state index in [0.29, 0.717) is 12.4 Å². The number of aliphatic imine (C=N–C) groups is 1. The van der Waals surface area contributed by atoms with Crippen molar-refractivity contribution in [3.63, 3.8) is 0 Å². The molecule has 0 bridgehead atoms. The highest BCUT2D eigenvalue weighted by molar-refractivity contribution is 6.30. The van der Waals surface area contributed by atoms with Gasteiger partial charge in [0.25, 0.3) is 0 Å². The third-order valence-electron chi connectivity index (χ3n) is 3.35. The average molecular weight is 347 g/mol. The molecule has 0 saturated carbocycles. The van der Waals surface area contributed by atoms with E-state index < -0.39 is 0 Å². The van der Waals surface area contributed by atoms with Crippen molar-refractivity contribution < 1.29 is 4.74 Å². The van der Waals surface area contributed by atoms with Gasteiger partial charge < -0.3 is 15.4 Å². The number of nitrogens with one attached hydrogen (secondary N) is 2. The second kappa shape index (κ2) is 9.78. The fourth-order valence-electron chi connectivity index (χ4n) is 2.14. The van der Waals surface area contributed by atoms with E-state index in [1.165, 1.54) is 5.56 Å². The molecule has 0 saturated heterocycles. The average Bonchev–Trinajstić information content (AvgIpc) is 2.61. The van der Waals surface area contributed by atoms with Crippen LogP contribution in [0.2, 0.25) is 5.02 Å². The summed E-state index contributed by atoms with van der Waals surface area (Å²) in [6.45, 7) is 4.13. The maximum Gasteiger partial charge on any atom is 0.213 e. The molecule has 0 spiro atoms. The number of ether oxygens (including phenoxy) is 1. The lowest BCUT2D eigenvalue weighted by atomic mass is 10.1. The van der Waals surface area contributed by atoms with Crippen molar-refractivity contribution in [1.82, 2.24) is 15.6 Å². The van der Waals surface area contributed by atoms with E-state index in [4.69, 9.17) is 16.3 Å². The zero-order chi connectivity index (χ0) is 17.2. The maximum atomic E-state index is 5.90. The summed E-state index contributed by atoms with van der Waals surface area (Å²) in [5.74, 6) is 1.37. The molecule has 24 heavy (non-hydrogen) atoms. The van der Waals surface area contributed by atoms with Crippen LogP contribution in [0.3, 0.4) is 0 Å². The molecule has 0 aliphatic carbocycles. The molecule has 5 nitrogen and oxygen atoms in total. The zero-order valence-electron chi connectivity index (χ0n) is 14.1. The Balaban J connectivity index is 1.88. The number of aromatic nitrogens is 1. The van der Waals surface area contributed by atoms with E-state index in [1.807, 2.05) is 49.4 Å². The molecule has 0 unspecified atom stereocenters. The first-order valence-electron chi connectivity index (χ1n) is 7.98. The molecule has 2 aromatic rings. The minimum Gasteiger partial charge on any atom is -0.481 e. The van der Waals surface area contributed by atoms with Crippen LogP contribution in [0.1, 0.15) is 18.2 Å². The van der Waals surface area contributed by atoms with E-state index >= 15 is 0 Å². The monoisotopic (exact) mass is 346 g/mol. The van der Waals surface area contributed by atoms with Crippen LogP contribution >= 0.6 is 11.6 Å². The molecule has 0 amide bonds. The summed E-state index contributed by atoms with van der Waals surface area (Å²) in [6, 6.07) is 13.6. The lowest BCUT2D eigenvalue weighted by Gasteiger charge is -2.11. The van der Waals surface area contributed by atoms with Crippen molar-refractivity contribution in [2.24, 2.45) is 4.99 Å². The lowest BCUT2D eigenvalue weighted by molar-refractivity contribution is 0.396. The van der Waals surface area contributed by atoms with Gasteiger partial charge in [-0.15, -0.1) is 0 Å². The topological polar surface area (TPSA) is 58.5 Å². The maximum absolute atomic E-state index is 5.90. The molecule has 2 N–H and O–H groups in total. The minimum atomic E-state index is 0.494. The second-order valence-electron chi connectivity index (χ2n) is 5.17. The van der Waals surface area contributed by atoms with Crippen molar-refractivity contribution in [2.75, 3.05) is 20.2 Å². The Morgan fingerprint density at radius 3 is 2.67 bits per heavy atom. The highest BCUT2D eigenvalue weighted by Crippen LogP contribution is 2.09. The summed E-state index contributed by atoms with van der Waals surface area (Å²) < 4.78 is 5.13. The molecule has 0 aliphatic heterocycles. The quantitative estimate of drug-likeness (QED) is 0.597. The zero-order valence-corrected chi connectivity index (χ0v) is 14.8. The molecular weight excluding hydrogens is 324 g/mol. The Morgan fingerprint density at radius 2 is 1.96 bits per heavy atom. The van der Waals surface area contributed by atoms with Gasteiger partial charge in [0.15, 0.2) is 5.96 Å². The second-order valence-corrected chi connectivity index (χ2v) is 5.61. The SMILES string of the molecule is CCNC(=NCc1cccc(OC)n1)NCCc1ccc(Cl)cc1. The Hall–Kier alpha value is -2.27. The van der Waals surface area contributed by atoms with E-state index in [9.17, 15) is 0 Å². The fourth-order valence-corrected chi connectivity index (χ4v) is 2.26. The van der Waals surface area contributed by atoms with Crippen LogP contribution in [-0.2, 0) is 13.0 Å². The first-order valence-corrected chi connectivity index (χ1v) is 8.35. The Bertz CT molecular complexity index is 658. The molecule has 0 atom stereocenters. The van der Waals surface area contributed by atoms with Crippen molar-refractivity contribution in [3.8, 4) is 5.88 Å². The van der Waals surface area contributed by atoms with Gasteiger partial charge in [-0.2, -0.15) is 0 Å². The third kappa shape index (κ3) is 6.08. The number of pyridine rings is 1. The summed E-state index contributed by atoms with van der Waals surface area (Å²) in [6.07, 6.45) is 0.902. The van der Waals surface area contributed by atoms with Gasteiger partial charge in [-0.25, -0.2) is 9.98 Å². The summed E-state index contributed by atoms with van der Waals surface area (Å²) in [4.78, 5) is 8.92. The van der Waals surface area contributed by atoms with Crippen molar-refractivity contribution >= 4 is 17.6 Å². The van der Waals surface area contributed by atoms with E-state index in [2.05, 4.69) is 20.6 Å². The van der Waals surface area contributed by atoms with Crippen LogP contribution in [0.5, 0.6) is 5.88 Å². The van der Waals surface area contributed by atoms with Crippen molar-refractivity contribution in [1.29, 1.82) is 0 Å². The summed E-state index contributed by atoms with van der Waals surface area (Å²) >= 11 is 5.90. The molecular formula is C18H23ClN4O. The predicted octanol–water partition coefficient (Wildman–Crippen LogP) is 3.04. The molecule has 0 aliphatic rings. The fraction of sp³-hybridized carbons (Fsp3) is 0.333. The number of hydrogen-bond acceptors (Lipinski definition) is 3. The Labute approximate surface area is 148 Å². The number of nitrogens with zero attached hydrogens (tertiary/aromatic N) is 2. The molecule has 0 radical (unpaired) electrons. The standard InChI is InChI=1S/C18H23ClN4O/c1-3-20-18(21-12-11-14-7-9-15(19)10-8-14)22-13-16-5-4-6-17(23-16)24-2/h4-10H,3,11-13H2,1-2H3,(H2,20,21,22). The van der Waals surface area contributed by atoms with Crippen molar-refractivity contribution in [2.45, 2.75) is 19.9 Å². The van der Waals surface area contributed by atoms with Gasteiger partial charge in [0.05, 0.1) is 19.3 Å². The Kier molecular flexibility index (Phi) is 7.36. The van der Waals surface area contributed by atoms with Crippen LogP contribution in [0.15, 0.2) is 47.5 Å². The number of halogens is 1. The molecule has 1 aromatic heterocycles. The highest BCUT2D eigenvalue weighted by Gasteiger charge is 2.00. The molecule has 128 valence electrons. The summed E-state index contributed by atoms with van der Waals surface area (Å²) in [7, 11) is 1.61. The minimum absolute atomic E-state index is 0.494. The van der Waals surface area contributed by atoms with Crippen LogP contribution in [0, 0.1) is 0 Å². The van der Waals surface area contributed by atoms with Gasteiger partial charge in [-0.05, 0) is 37.1 Å². The normalized spacial score (nSPS) is 11.2. The first kappa shape index (κ1) is 18.1. The van der Waals surface area contributed by atoms with Gasteiger partial charge in [0.2, 0.25) is 5.88 Å². The van der Waals surface area contributed by atoms with Gasteiger partial charge in [-0.1, -0.05) is 29.8 Å². The predicted molar refractivity (Wildman–Crippen MR) is 98.8 cm³/mol. The van der Waals surface area contributed by atoms with E-state index in [1.54, 1.807) is 7.11 Å². The van der Waals surface area contributed by atoms with E-state index in [-0.39, 0.29) is 0 Å². The van der Waals surface area contributed by atoms with Crippen LogP contribution < -0.4 is 15.4 Å². The highest BCUT2D eigenvalue weighted by atomic mass is 35.5. The van der Waals surface area contributed by atoms with Crippen LogP contribution in [0.4, 0.5) is 0 Å². The number of guanidine groups is 1. The third-order valence-corrected chi connectivity index (χ3v) is 3.61. The van der Waals surface area contributed by atoms with Crippen molar-refractivity contribution in [3.05, 3.63) is 58.7 Å². The van der Waals surface area contributed by atoms with Crippen LogP contribution in [-0.4, -0.2) is 31.1 Å². The van der Waals surface area contributed by atoms with Crippen LogP contribution in [0.25, 0.3) is 0 Å². The molecule has 1 heterocycles. The smallest absolute Gasteiger partial charge is 0.213 e. The summed E-state index contributed by atoms with van der Waals surface area (Å²) in [5, 5.41) is 7.32. The number of methoxy groups -OCH3 is 1. The number of hydrogen-bond donors (Lipinski definition) is 2. The first-order chi connectivity index (χ1) is 11.7. The Morgan fingerprint density at radius 1 is 1.17 bits per heavy atom. The van der Waals surface area contributed by atoms with Gasteiger partial charge in [-0.3, -0.25) is 0 Å². The molecule has 1 aromatic carbocycles. The molecule has 0 fully saturated rings. The largest absolute Gasteiger partial charge is 0.481 e.